The SMILES string of the molecule is CC(C)(C)c1ccc2c(c1)C(C)(C)c1cc(C(C)(C)C)cc(N(c3ccc(-c4ccc5c(c4)C(C)(C)c4ccccc4-5)cc3)c3ccc4c(c3)C(C)(C)c3ccccc3-4)c1-2. The van der Waals surface area contributed by atoms with Crippen LogP contribution in [-0.4, -0.2) is 0 Å². The molecule has 0 bridgehead atoms. The van der Waals surface area contributed by atoms with Crippen LogP contribution in [0, 0.1) is 0 Å². The first-order valence-corrected chi connectivity index (χ1v) is 22.0. The van der Waals surface area contributed by atoms with Gasteiger partial charge < -0.3 is 4.90 Å². The van der Waals surface area contributed by atoms with E-state index in [4.69, 9.17) is 0 Å². The second-order valence-corrected chi connectivity index (χ2v) is 21.5. The zero-order chi connectivity index (χ0) is 42.3. The molecule has 0 spiro atoms. The Kier molecular flexibility index (Phi) is 8.15. The van der Waals surface area contributed by atoms with Crippen LogP contribution in [0.5, 0.6) is 0 Å². The Morgan fingerprint density at radius 2 is 0.800 bits per heavy atom. The van der Waals surface area contributed by atoms with E-state index in [2.05, 4.69) is 228 Å². The predicted octanol–water partition coefficient (Wildman–Crippen LogP) is 16.3. The summed E-state index contributed by atoms with van der Waals surface area (Å²) < 4.78 is 0. The van der Waals surface area contributed by atoms with Crippen LogP contribution in [-0.2, 0) is 27.1 Å². The van der Waals surface area contributed by atoms with Gasteiger partial charge in [-0.05, 0) is 131 Å². The van der Waals surface area contributed by atoms with Gasteiger partial charge in [0.15, 0.2) is 0 Å². The molecule has 60 heavy (non-hydrogen) atoms. The van der Waals surface area contributed by atoms with Crippen LogP contribution in [0.4, 0.5) is 17.1 Å². The smallest absolute Gasteiger partial charge is 0.0546 e. The van der Waals surface area contributed by atoms with Crippen molar-refractivity contribution in [3.63, 3.8) is 0 Å². The highest BCUT2D eigenvalue weighted by molar-refractivity contribution is 5.97. The molecule has 7 aromatic rings. The van der Waals surface area contributed by atoms with Crippen molar-refractivity contribution < 1.29 is 0 Å². The topological polar surface area (TPSA) is 3.24 Å². The highest BCUT2D eigenvalue weighted by atomic mass is 15.1. The van der Waals surface area contributed by atoms with Gasteiger partial charge in [-0.2, -0.15) is 0 Å². The predicted molar refractivity (Wildman–Crippen MR) is 257 cm³/mol. The van der Waals surface area contributed by atoms with Gasteiger partial charge in [-0.3, -0.25) is 0 Å². The van der Waals surface area contributed by atoms with Crippen molar-refractivity contribution in [3.8, 4) is 44.5 Å². The Hall–Kier alpha value is -5.66. The van der Waals surface area contributed by atoms with Gasteiger partial charge in [0.2, 0.25) is 0 Å². The molecule has 3 aliphatic carbocycles. The fraction of sp³-hybridized carbons (Fsp3) is 0.288. The molecule has 3 aliphatic rings. The molecule has 0 aromatic heterocycles. The zero-order valence-corrected chi connectivity index (χ0v) is 37.7. The number of fused-ring (bicyclic) bond motifs is 9. The van der Waals surface area contributed by atoms with Gasteiger partial charge in [-0.15, -0.1) is 0 Å². The van der Waals surface area contributed by atoms with Gasteiger partial charge in [0, 0.05) is 33.2 Å². The van der Waals surface area contributed by atoms with E-state index in [-0.39, 0.29) is 27.1 Å². The quantitative estimate of drug-likeness (QED) is 0.172. The van der Waals surface area contributed by atoms with Crippen molar-refractivity contribution in [2.45, 2.75) is 110 Å². The van der Waals surface area contributed by atoms with Crippen molar-refractivity contribution >= 4 is 17.1 Å². The number of hydrogen-bond donors (Lipinski definition) is 0. The van der Waals surface area contributed by atoms with Crippen LogP contribution in [0.25, 0.3) is 44.5 Å². The molecule has 0 fully saturated rings. The lowest BCUT2D eigenvalue weighted by Crippen LogP contribution is -2.20. The van der Waals surface area contributed by atoms with Gasteiger partial charge in [-0.1, -0.05) is 186 Å². The van der Waals surface area contributed by atoms with E-state index >= 15 is 0 Å². The maximum atomic E-state index is 2.57. The van der Waals surface area contributed by atoms with Crippen molar-refractivity contribution in [2.75, 3.05) is 4.90 Å². The zero-order valence-electron chi connectivity index (χ0n) is 37.7. The van der Waals surface area contributed by atoms with Crippen LogP contribution in [0.15, 0.2) is 140 Å². The second-order valence-electron chi connectivity index (χ2n) is 21.5. The first-order chi connectivity index (χ1) is 28.3. The highest BCUT2D eigenvalue weighted by Gasteiger charge is 2.41. The molecular weight excluding hydrogens is 723 g/mol. The van der Waals surface area contributed by atoms with Crippen molar-refractivity contribution in [1.29, 1.82) is 0 Å². The van der Waals surface area contributed by atoms with Crippen LogP contribution in [0.3, 0.4) is 0 Å². The molecule has 0 amide bonds. The van der Waals surface area contributed by atoms with E-state index in [9.17, 15) is 0 Å². The van der Waals surface area contributed by atoms with Crippen molar-refractivity contribution in [2.24, 2.45) is 0 Å². The van der Waals surface area contributed by atoms with E-state index in [1.807, 2.05) is 0 Å². The standard InChI is InChI=1S/C59H59N/c1-55(2,3)38-24-29-46-50(32-38)59(11,12)52-33-39(56(4,5)6)34-53(54(46)52)60(41-27-30-45-43-18-14-16-20-48(43)58(9,10)51(45)35-41)40-25-21-36(22-26-40)37-23-28-44-42-17-13-15-19-47(42)57(7,8)49(44)31-37/h13-35H,1-12H3. The minimum atomic E-state index is -0.167. The van der Waals surface area contributed by atoms with Crippen LogP contribution < -0.4 is 4.90 Å². The van der Waals surface area contributed by atoms with Gasteiger partial charge in [0.1, 0.15) is 0 Å². The Morgan fingerprint density at radius 1 is 0.350 bits per heavy atom. The molecule has 0 saturated carbocycles. The number of benzene rings is 7. The van der Waals surface area contributed by atoms with Crippen LogP contribution >= 0.6 is 0 Å². The molecule has 0 N–H and O–H groups in total. The fourth-order valence-corrected chi connectivity index (χ4v) is 10.8. The summed E-state index contributed by atoms with van der Waals surface area (Å²) in [5.41, 5.74) is 25.0. The Morgan fingerprint density at radius 3 is 1.40 bits per heavy atom. The Bertz CT molecular complexity index is 2900. The minimum absolute atomic E-state index is 0.0458. The minimum Gasteiger partial charge on any atom is -0.310 e. The molecule has 300 valence electrons. The van der Waals surface area contributed by atoms with Crippen LogP contribution in [0.2, 0.25) is 0 Å². The number of nitrogens with zero attached hydrogens (tertiary/aromatic N) is 1. The normalized spacial score (nSPS) is 16.1. The van der Waals surface area contributed by atoms with Gasteiger partial charge in [-0.25, -0.2) is 0 Å². The van der Waals surface area contributed by atoms with E-state index in [1.165, 1.54) is 100 Å². The van der Waals surface area contributed by atoms with E-state index in [0.717, 1.165) is 5.69 Å². The average molecular weight is 782 g/mol. The first kappa shape index (κ1) is 38.5. The van der Waals surface area contributed by atoms with Crippen molar-refractivity contribution in [3.05, 3.63) is 184 Å². The van der Waals surface area contributed by atoms with E-state index in [0.29, 0.717) is 0 Å². The summed E-state index contributed by atoms with van der Waals surface area (Å²) in [6.45, 7) is 28.4. The molecule has 0 atom stereocenters. The average Bonchev–Trinajstić information content (AvgIpc) is 3.69. The van der Waals surface area contributed by atoms with Gasteiger partial charge in [0.05, 0.1) is 5.69 Å². The Labute approximate surface area is 359 Å². The largest absolute Gasteiger partial charge is 0.310 e. The van der Waals surface area contributed by atoms with E-state index < -0.39 is 0 Å². The molecule has 0 aliphatic heterocycles. The molecular formula is C59H59N. The maximum absolute atomic E-state index is 2.57. The summed E-state index contributed by atoms with van der Waals surface area (Å²) in [6.07, 6.45) is 0. The lowest BCUT2D eigenvalue weighted by molar-refractivity contribution is 0.580. The maximum Gasteiger partial charge on any atom is 0.0546 e. The lowest BCUT2D eigenvalue weighted by Gasteiger charge is -2.33. The monoisotopic (exact) mass is 781 g/mol. The van der Waals surface area contributed by atoms with Gasteiger partial charge in [0.25, 0.3) is 0 Å². The number of anilines is 3. The van der Waals surface area contributed by atoms with Crippen molar-refractivity contribution in [1.82, 2.24) is 0 Å². The summed E-state index contributed by atoms with van der Waals surface area (Å²) in [6, 6.07) is 53.9. The highest BCUT2D eigenvalue weighted by Crippen LogP contribution is 2.58. The third-order valence-electron chi connectivity index (χ3n) is 14.6. The lowest BCUT2D eigenvalue weighted by atomic mass is 9.77. The number of hydrogen-bond acceptors (Lipinski definition) is 1. The molecule has 0 radical (unpaired) electrons. The third-order valence-corrected chi connectivity index (χ3v) is 14.6. The summed E-state index contributed by atoms with van der Waals surface area (Å²) in [7, 11) is 0. The molecule has 7 aromatic carbocycles. The molecule has 1 heteroatoms. The molecule has 0 unspecified atom stereocenters. The first-order valence-electron chi connectivity index (χ1n) is 22.0. The molecule has 0 heterocycles. The second kappa shape index (κ2) is 12.7. The molecule has 0 saturated heterocycles. The third kappa shape index (κ3) is 5.57. The summed E-state index contributed by atoms with van der Waals surface area (Å²) >= 11 is 0. The Balaban J connectivity index is 1.18. The molecule has 10 rings (SSSR count). The fourth-order valence-electron chi connectivity index (χ4n) is 10.8. The van der Waals surface area contributed by atoms with Gasteiger partial charge >= 0.3 is 0 Å². The molecule has 1 nitrogen and oxygen atoms in total. The summed E-state index contributed by atoms with van der Waals surface area (Å²) in [5.74, 6) is 0. The summed E-state index contributed by atoms with van der Waals surface area (Å²) in [4.78, 5) is 2.57. The van der Waals surface area contributed by atoms with E-state index in [1.54, 1.807) is 0 Å². The van der Waals surface area contributed by atoms with Crippen LogP contribution in [0.1, 0.15) is 128 Å². The summed E-state index contributed by atoms with van der Waals surface area (Å²) in [5, 5.41) is 0. The number of rotatable bonds is 4.